The highest BCUT2D eigenvalue weighted by molar-refractivity contribution is 9.10. The topological polar surface area (TPSA) is 41.5 Å². The zero-order valence-electron chi connectivity index (χ0n) is 10.9. The number of benzene rings is 1. The Labute approximate surface area is 117 Å². The summed E-state index contributed by atoms with van der Waals surface area (Å²) in [6, 6.07) is 6.11. The smallest absolute Gasteiger partial charge is 0.123 e. The summed E-state index contributed by atoms with van der Waals surface area (Å²) in [5.41, 5.74) is 0.618. The van der Waals surface area contributed by atoms with Crippen LogP contribution in [0, 0.1) is 0 Å². The molecule has 1 aromatic carbocycles. The molecule has 1 heterocycles. The summed E-state index contributed by atoms with van der Waals surface area (Å²) in [5, 5.41) is 13.2. The van der Waals surface area contributed by atoms with E-state index in [1.165, 1.54) is 5.56 Å². The van der Waals surface area contributed by atoms with Gasteiger partial charge in [0.1, 0.15) is 11.9 Å². The van der Waals surface area contributed by atoms with Gasteiger partial charge in [0, 0.05) is 24.0 Å². The second-order valence-electron chi connectivity index (χ2n) is 5.18. The van der Waals surface area contributed by atoms with Gasteiger partial charge >= 0.3 is 0 Å². The van der Waals surface area contributed by atoms with Crippen molar-refractivity contribution in [1.29, 1.82) is 0 Å². The van der Waals surface area contributed by atoms with Gasteiger partial charge in [0.15, 0.2) is 0 Å². The van der Waals surface area contributed by atoms with Crippen LogP contribution in [0.2, 0.25) is 0 Å². The molecule has 2 rings (SSSR count). The van der Waals surface area contributed by atoms with E-state index < -0.39 is 5.60 Å². The minimum absolute atomic E-state index is 0.168. The van der Waals surface area contributed by atoms with Crippen molar-refractivity contribution in [3.63, 3.8) is 0 Å². The van der Waals surface area contributed by atoms with Gasteiger partial charge in [0.25, 0.3) is 0 Å². The number of nitrogens with one attached hydrogen (secondary N) is 1. The molecule has 0 aromatic heterocycles. The van der Waals surface area contributed by atoms with Crippen molar-refractivity contribution < 1.29 is 9.84 Å². The van der Waals surface area contributed by atoms with Gasteiger partial charge in [-0.15, -0.1) is 0 Å². The van der Waals surface area contributed by atoms with Crippen LogP contribution >= 0.6 is 15.9 Å². The monoisotopic (exact) mass is 313 g/mol. The molecule has 0 radical (unpaired) electrons. The van der Waals surface area contributed by atoms with Crippen LogP contribution in [0.5, 0.6) is 5.75 Å². The van der Waals surface area contributed by atoms with Crippen molar-refractivity contribution in [3.05, 3.63) is 28.2 Å². The molecular formula is C14H20BrNO2. The molecule has 1 aliphatic heterocycles. The highest BCUT2D eigenvalue weighted by Gasteiger charge is 2.24. The van der Waals surface area contributed by atoms with Gasteiger partial charge in [0.05, 0.1) is 5.60 Å². The van der Waals surface area contributed by atoms with Crippen LogP contribution in [-0.2, 0) is 6.42 Å². The maximum Gasteiger partial charge on any atom is 0.123 e. The van der Waals surface area contributed by atoms with E-state index in [0.717, 1.165) is 29.6 Å². The average Bonchev–Trinajstić information content (AvgIpc) is 2.70. The molecule has 0 amide bonds. The van der Waals surface area contributed by atoms with Gasteiger partial charge in [-0.25, -0.2) is 0 Å². The second-order valence-corrected chi connectivity index (χ2v) is 6.09. The number of hydrogen-bond donors (Lipinski definition) is 2. The summed E-state index contributed by atoms with van der Waals surface area (Å²) in [6.45, 7) is 5.20. The van der Waals surface area contributed by atoms with E-state index in [-0.39, 0.29) is 6.10 Å². The van der Waals surface area contributed by atoms with E-state index in [1.54, 1.807) is 0 Å². The molecule has 0 fully saturated rings. The lowest BCUT2D eigenvalue weighted by atomic mass is 10.0. The SMILES string of the molecule is CCC(C)(O)CNCC1Cc2cc(Br)ccc2O1. The van der Waals surface area contributed by atoms with Crippen molar-refractivity contribution >= 4 is 15.9 Å². The molecule has 0 aliphatic carbocycles. The number of halogens is 1. The van der Waals surface area contributed by atoms with Crippen LogP contribution < -0.4 is 10.1 Å². The summed E-state index contributed by atoms with van der Waals surface area (Å²) in [5.74, 6) is 0.979. The summed E-state index contributed by atoms with van der Waals surface area (Å²) in [6.07, 6.45) is 1.84. The van der Waals surface area contributed by atoms with Gasteiger partial charge in [0.2, 0.25) is 0 Å². The Balaban J connectivity index is 1.81. The molecule has 1 aliphatic rings. The zero-order valence-corrected chi connectivity index (χ0v) is 12.5. The summed E-state index contributed by atoms with van der Waals surface area (Å²) >= 11 is 3.47. The van der Waals surface area contributed by atoms with E-state index in [2.05, 4.69) is 27.3 Å². The number of fused-ring (bicyclic) bond motifs is 1. The first-order valence-corrected chi connectivity index (χ1v) is 7.17. The highest BCUT2D eigenvalue weighted by Crippen LogP contribution is 2.30. The largest absolute Gasteiger partial charge is 0.488 e. The first-order valence-electron chi connectivity index (χ1n) is 6.38. The van der Waals surface area contributed by atoms with E-state index in [0.29, 0.717) is 6.54 Å². The maximum atomic E-state index is 9.90. The lowest BCUT2D eigenvalue weighted by Crippen LogP contribution is -2.41. The van der Waals surface area contributed by atoms with Crippen molar-refractivity contribution in [2.45, 2.75) is 38.4 Å². The van der Waals surface area contributed by atoms with E-state index in [4.69, 9.17) is 4.74 Å². The molecule has 0 saturated heterocycles. The zero-order chi connectivity index (χ0) is 13.2. The summed E-state index contributed by atoms with van der Waals surface area (Å²) in [7, 11) is 0. The first kappa shape index (κ1) is 13.8. The van der Waals surface area contributed by atoms with Crippen LogP contribution in [-0.4, -0.2) is 29.9 Å². The Hall–Kier alpha value is -0.580. The molecule has 2 unspecified atom stereocenters. The normalized spacial score (nSPS) is 21.2. The standard InChI is InChI=1S/C14H20BrNO2/c1-3-14(2,17)9-16-8-12-7-10-6-11(15)4-5-13(10)18-12/h4-6,12,16-17H,3,7-9H2,1-2H3. The van der Waals surface area contributed by atoms with E-state index >= 15 is 0 Å². The predicted molar refractivity (Wildman–Crippen MR) is 76.0 cm³/mol. The average molecular weight is 314 g/mol. The summed E-state index contributed by atoms with van der Waals surface area (Å²) < 4.78 is 6.94. The number of aliphatic hydroxyl groups is 1. The molecule has 0 saturated carbocycles. The Bertz CT molecular complexity index is 420. The molecule has 2 N–H and O–H groups in total. The van der Waals surface area contributed by atoms with Crippen LogP contribution in [0.15, 0.2) is 22.7 Å². The molecule has 18 heavy (non-hydrogen) atoms. The highest BCUT2D eigenvalue weighted by atomic mass is 79.9. The molecule has 4 heteroatoms. The van der Waals surface area contributed by atoms with Crippen molar-refractivity contribution in [2.24, 2.45) is 0 Å². The van der Waals surface area contributed by atoms with Gasteiger partial charge in [-0.1, -0.05) is 22.9 Å². The van der Waals surface area contributed by atoms with Crippen molar-refractivity contribution in [1.82, 2.24) is 5.32 Å². The van der Waals surface area contributed by atoms with Gasteiger partial charge in [-0.05, 0) is 37.1 Å². The van der Waals surface area contributed by atoms with Crippen molar-refractivity contribution in [3.8, 4) is 5.75 Å². The van der Waals surface area contributed by atoms with E-state index in [1.807, 2.05) is 26.0 Å². The first-order chi connectivity index (χ1) is 8.50. The Morgan fingerprint density at radius 3 is 3.06 bits per heavy atom. The fraction of sp³-hybridized carbons (Fsp3) is 0.571. The fourth-order valence-electron chi connectivity index (χ4n) is 2.03. The van der Waals surface area contributed by atoms with Gasteiger partial charge in [-0.2, -0.15) is 0 Å². The second kappa shape index (κ2) is 5.59. The minimum Gasteiger partial charge on any atom is -0.488 e. The third-order valence-corrected chi connectivity index (χ3v) is 3.90. The molecule has 3 nitrogen and oxygen atoms in total. The molecule has 1 aromatic rings. The van der Waals surface area contributed by atoms with Crippen LogP contribution in [0.25, 0.3) is 0 Å². The third kappa shape index (κ3) is 3.46. The van der Waals surface area contributed by atoms with Crippen molar-refractivity contribution in [2.75, 3.05) is 13.1 Å². The molecule has 100 valence electrons. The Kier molecular flexibility index (Phi) is 4.30. The minimum atomic E-state index is -0.630. The maximum absolute atomic E-state index is 9.90. The molecular weight excluding hydrogens is 294 g/mol. The number of ether oxygens (including phenoxy) is 1. The molecule has 0 spiro atoms. The number of hydrogen-bond acceptors (Lipinski definition) is 3. The Morgan fingerprint density at radius 2 is 2.33 bits per heavy atom. The lowest BCUT2D eigenvalue weighted by Gasteiger charge is -2.22. The van der Waals surface area contributed by atoms with Crippen LogP contribution in [0.1, 0.15) is 25.8 Å². The van der Waals surface area contributed by atoms with Crippen LogP contribution in [0.3, 0.4) is 0 Å². The Morgan fingerprint density at radius 1 is 1.56 bits per heavy atom. The van der Waals surface area contributed by atoms with E-state index in [9.17, 15) is 5.11 Å². The lowest BCUT2D eigenvalue weighted by molar-refractivity contribution is 0.0534. The molecule has 2 atom stereocenters. The third-order valence-electron chi connectivity index (χ3n) is 3.40. The number of rotatable bonds is 5. The van der Waals surface area contributed by atoms with Gasteiger partial charge in [-0.3, -0.25) is 0 Å². The van der Waals surface area contributed by atoms with Gasteiger partial charge < -0.3 is 15.2 Å². The predicted octanol–water partition coefficient (Wildman–Crippen LogP) is 2.50. The van der Waals surface area contributed by atoms with Crippen LogP contribution in [0.4, 0.5) is 0 Å². The fourth-order valence-corrected chi connectivity index (χ4v) is 2.44. The molecule has 0 bridgehead atoms. The summed E-state index contributed by atoms with van der Waals surface area (Å²) in [4.78, 5) is 0. The quantitative estimate of drug-likeness (QED) is 0.877.